The molecule has 3 aromatic rings. The molecule has 0 aliphatic carbocycles. The Morgan fingerprint density at radius 3 is 2.81 bits per heavy atom. The van der Waals surface area contributed by atoms with Gasteiger partial charge in [-0.05, 0) is 38.1 Å². The molecule has 2 aromatic heterocycles. The van der Waals surface area contributed by atoms with E-state index < -0.39 is 10.7 Å². The van der Waals surface area contributed by atoms with Crippen LogP contribution in [0.5, 0.6) is 11.5 Å². The minimum Gasteiger partial charge on any atom is -0.453 e. The lowest BCUT2D eigenvalue weighted by Gasteiger charge is -2.19. The first kappa shape index (κ1) is 21.9. The molecule has 0 saturated carbocycles. The number of nitro groups is 1. The molecule has 9 nitrogen and oxygen atoms in total. The van der Waals surface area contributed by atoms with Gasteiger partial charge in [0.25, 0.3) is 5.69 Å². The summed E-state index contributed by atoms with van der Waals surface area (Å²) in [6.45, 7) is 3.75. The minimum absolute atomic E-state index is 0.114. The van der Waals surface area contributed by atoms with E-state index >= 15 is 0 Å². The van der Waals surface area contributed by atoms with Crippen LogP contribution in [0.3, 0.4) is 0 Å². The molecule has 4 rings (SSSR count). The van der Waals surface area contributed by atoms with Gasteiger partial charge < -0.3 is 20.4 Å². The van der Waals surface area contributed by atoms with Crippen molar-refractivity contribution in [2.75, 3.05) is 26.2 Å². The third-order valence-electron chi connectivity index (χ3n) is 5.18. The topological polar surface area (TPSA) is 124 Å². The molecular formula is C21H23FN6O3S. The van der Waals surface area contributed by atoms with E-state index in [1.807, 2.05) is 6.07 Å². The van der Waals surface area contributed by atoms with Crippen LogP contribution in [-0.2, 0) is 0 Å². The molecule has 168 valence electrons. The average molecular weight is 459 g/mol. The summed E-state index contributed by atoms with van der Waals surface area (Å²) in [5.74, 6) is 5.54. The van der Waals surface area contributed by atoms with Crippen molar-refractivity contribution >= 4 is 32.9 Å². The Balaban J connectivity index is 1.52. The lowest BCUT2D eigenvalue weighted by molar-refractivity contribution is -0.385. The smallest absolute Gasteiger partial charge is 0.272 e. The predicted molar refractivity (Wildman–Crippen MR) is 121 cm³/mol. The predicted octanol–water partition coefficient (Wildman–Crippen LogP) is 3.66. The Bertz CT molecular complexity index is 1160. The standard InChI is InChI=1S/C21H23FN6O3S/c22-15-11-14(28(29)30)3-4-18(15)31-19-5-6-25-17-12-20(32-21(17)19)16(23)13-27(24)10-9-26-7-1-2-8-26/h3-6,11-13H,1-2,7-10,23-24H2/b16-13-. The van der Waals surface area contributed by atoms with E-state index in [0.29, 0.717) is 28.2 Å². The van der Waals surface area contributed by atoms with Gasteiger partial charge in [-0.15, -0.1) is 11.3 Å². The quantitative estimate of drug-likeness (QED) is 0.298. The van der Waals surface area contributed by atoms with E-state index in [9.17, 15) is 14.5 Å². The summed E-state index contributed by atoms with van der Waals surface area (Å²) in [5.41, 5.74) is 7.04. The maximum Gasteiger partial charge on any atom is 0.272 e. The zero-order valence-electron chi connectivity index (χ0n) is 17.2. The van der Waals surface area contributed by atoms with Gasteiger partial charge in [-0.2, -0.15) is 0 Å². The van der Waals surface area contributed by atoms with Gasteiger partial charge in [0.2, 0.25) is 0 Å². The summed E-state index contributed by atoms with van der Waals surface area (Å²) in [5, 5.41) is 12.4. The van der Waals surface area contributed by atoms with Crippen LogP contribution in [0.2, 0.25) is 0 Å². The van der Waals surface area contributed by atoms with Crippen LogP contribution in [0.25, 0.3) is 15.9 Å². The molecule has 0 unspecified atom stereocenters. The van der Waals surface area contributed by atoms with Crippen molar-refractivity contribution in [2.45, 2.75) is 12.8 Å². The van der Waals surface area contributed by atoms with Gasteiger partial charge in [0.1, 0.15) is 5.75 Å². The van der Waals surface area contributed by atoms with Crippen LogP contribution in [0.15, 0.2) is 42.7 Å². The number of nitrogens with two attached hydrogens (primary N) is 2. The van der Waals surface area contributed by atoms with Crippen molar-refractivity contribution in [2.24, 2.45) is 11.6 Å². The summed E-state index contributed by atoms with van der Waals surface area (Å²) in [6, 6.07) is 6.67. The van der Waals surface area contributed by atoms with Gasteiger partial charge >= 0.3 is 0 Å². The van der Waals surface area contributed by atoms with Crippen molar-refractivity contribution < 1.29 is 14.1 Å². The Kier molecular flexibility index (Phi) is 6.49. The van der Waals surface area contributed by atoms with Gasteiger partial charge in [0.05, 0.1) is 31.8 Å². The van der Waals surface area contributed by atoms with E-state index in [1.165, 1.54) is 36.3 Å². The summed E-state index contributed by atoms with van der Waals surface area (Å²) >= 11 is 1.35. The van der Waals surface area contributed by atoms with Crippen molar-refractivity contribution in [1.29, 1.82) is 0 Å². The molecule has 0 amide bonds. The number of fused-ring (bicyclic) bond motifs is 1. The number of ether oxygens (including phenoxy) is 1. The minimum atomic E-state index is -0.822. The van der Waals surface area contributed by atoms with Gasteiger partial charge in [-0.25, -0.2) is 10.2 Å². The number of hydrogen-bond acceptors (Lipinski definition) is 9. The Labute approximate surface area is 187 Å². The largest absolute Gasteiger partial charge is 0.453 e. The number of thiophene rings is 1. The molecule has 1 aliphatic heterocycles. The molecule has 1 fully saturated rings. The number of hydrogen-bond donors (Lipinski definition) is 2. The molecule has 11 heteroatoms. The third kappa shape index (κ3) is 4.96. The normalized spacial score (nSPS) is 14.8. The number of aromatic nitrogens is 1. The van der Waals surface area contributed by atoms with Gasteiger partial charge in [-0.1, -0.05) is 0 Å². The van der Waals surface area contributed by atoms with Crippen LogP contribution in [0.1, 0.15) is 17.7 Å². The molecule has 1 aromatic carbocycles. The van der Waals surface area contributed by atoms with Crippen LogP contribution >= 0.6 is 11.3 Å². The number of halogens is 1. The number of benzene rings is 1. The number of nitrogens with zero attached hydrogens (tertiary/aromatic N) is 4. The Morgan fingerprint density at radius 1 is 1.31 bits per heavy atom. The Morgan fingerprint density at radius 2 is 2.09 bits per heavy atom. The van der Waals surface area contributed by atoms with Crippen LogP contribution in [0.4, 0.5) is 10.1 Å². The highest BCUT2D eigenvalue weighted by molar-refractivity contribution is 7.20. The molecule has 1 aliphatic rings. The monoisotopic (exact) mass is 458 g/mol. The number of pyridine rings is 1. The molecular weight excluding hydrogens is 435 g/mol. The van der Waals surface area contributed by atoms with Crippen LogP contribution in [-0.4, -0.2) is 46.0 Å². The summed E-state index contributed by atoms with van der Waals surface area (Å²) in [4.78, 5) is 17.6. The summed E-state index contributed by atoms with van der Waals surface area (Å²) in [6.07, 6.45) is 5.69. The van der Waals surface area contributed by atoms with E-state index in [4.69, 9.17) is 16.3 Å². The second kappa shape index (κ2) is 9.47. The molecule has 0 bridgehead atoms. The van der Waals surface area contributed by atoms with Crippen molar-refractivity contribution in [3.05, 3.63) is 63.5 Å². The molecule has 0 radical (unpaired) electrons. The van der Waals surface area contributed by atoms with E-state index in [-0.39, 0.29) is 11.4 Å². The second-order valence-electron chi connectivity index (χ2n) is 7.48. The SMILES string of the molecule is N/C(=C\N(N)CCN1CCCC1)c1cc2nccc(Oc3ccc([N+](=O)[O-])cc3F)c2s1. The fourth-order valence-electron chi connectivity index (χ4n) is 3.51. The zero-order chi connectivity index (χ0) is 22.7. The van der Waals surface area contributed by atoms with Crippen molar-refractivity contribution in [3.8, 4) is 11.5 Å². The highest BCUT2D eigenvalue weighted by Gasteiger charge is 2.16. The van der Waals surface area contributed by atoms with Gasteiger partial charge in [0, 0.05) is 37.6 Å². The molecule has 0 atom stereocenters. The molecule has 32 heavy (non-hydrogen) atoms. The number of hydrazine groups is 1. The second-order valence-corrected chi connectivity index (χ2v) is 8.53. The Hall–Kier alpha value is -3.28. The van der Waals surface area contributed by atoms with Crippen molar-refractivity contribution in [3.63, 3.8) is 0 Å². The third-order valence-corrected chi connectivity index (χ3v) is 6.37. The lowest BCUT2D eigenvalue weighted by Crippen LogP contribution is -2.35. The average Bonchev–Trinajstić information content (AvgIpc) is 3.44. The molecule has 0 spiro atoms. The first-order valence-electron chi connectivity index (χ1n) is 10.1. The lowest BCUT2D eigenvalue weighted by atomic mass is 10.3. The van der Waals surface area contributed by atoms with Crippen LogP contribution in [0, 0.1) is 15.9 Å². The van der Waals surface area contributed by atoms with E-state index in [0.717, 1.165) is 30.6 Å². The molecule has 4 N–H and O–H groups in total. The van der Waals surface area contributed by atoms with Gasteiger partial charge in [0.15, 0.2) is 11.6 Å². The summed E-state index contributed by atoms with van der Waals surface area (Å²) in [7, 11) is 0. The first-order chi connectivity index (χ1) is 15.4. The number of nitro benzene ring substituents is 1. The molecule has 3 heterocycles. The van der Waals surface area contributed by atoms with Gasteiger partial charge in [-0.3, -0.25) is 15.1 Å². The highest BCUT2D eigenvalue weighted by Crippen LogP contribution is 2.37. The zero-order valence-corrected chi connectivity index (χ0v) is 18.1. The van der Waals surface area contributed by atoms with Crippen molar-refractivity contribution in [1.82, 2.24) is 14.9 Å². The maximum absolute atomic E-state index is 14.3. The van der Waals surface area contributed by atoms with E-state index in [1.54, 1.807) is 23.5 Å². The fourth-order valence-corrected chi connectivity index (χ4v) is 4.50. The molecule has 1 saturated heterocycles. The number of rotatable bonds is 8. The maximum atomic E-state index is 14.3. The highest BCUT2D eigenvalue weighted by atomic mass is 32.1. The fraction of sp³-hybridized carbons (Fsp3) is 0.286. The first-order valence-corrected chi connectivity index (χ1v) is 10.9. The van der Waals surface area contributed by atoms with E-state index in [2.05, 4.69) is 9.88 Å². The summed E-state index contributed by atoms with van der Waals surface area (Å²) < 4.78 is 20.6. The number of likely N-dealkylation sites (tertiary alicyclic amines) is 1. The van der Waals surface area contributed by atoms with Crippen LogP contribution < -0.4 is 16.3 Å². The number of non-ortho nitro benzene ring substituents is 1.